The fraction of sp³-hybridized carbons (Fsp3) is 0.389. The molecule has 0 aromatic heterocycles. The number of carbonyl (C=O) groups is 2. The molecular formula is C18H22N2O3S2. The summed E-state index contributed by atoms with van der Waals surface area (Å²) >= 11 is 6.43. The van der Waals surface area contributed by atoms with Crippen LogP contribution in [-0.4, -0.2) is 46.3 Å². The maximum absolute atomic E-state index is 12.7. The van der Waals surface area contributed by atoms with E-state index >= 15 is 0 Å². The number of thioether (sulfide) groups is 1. The molecule has 0 aliphatic carbocycles. The van der Waals surface area contributed by atoms with Crippen LogP contribution < -0.4 is 4.90 Å². The van der Waals surface area contributed by atoms with E-state index in [1.54, 1.807) is 6.08 Å². The first-order valence-corrected chi connectivity index (χ1v) is 9.35. The Bertz CT molecular complexity index is 699. The molecule has 25 heavy (non-hydrogen) atoms. The second-order valence-electron chi connectivity index (χ2n) is 6.03. The standard InChI is InChI=1S/C18H22N2O3S2/c1-4-5-6-14(17(22)23)20-16(21)15(25-18(20)24)11-12-7-9-13(10-8-12)19(2)3/h7-11,14H,4-6H2,1-3H3,(H,22,23). The number of carboxylic acid groups (broad SMARTS) is 1. The molecule has 1 aromatic carbocycles. The average Bonchev–Trinajstić information content (AvgIpc) is 2.83. The smallest absolute Gasteiger partial charge is 0.326 e. The second-order valence-corrected chi connectivity index (χ2v) is 7.71. The van der Waals surface area contributed by atoms with E-state index in [0.717, 1.165) is 35.9 Å². The Morgan fingerprint density at radius 3 is 2.52 bits per heavy atom. The van der Waals surface area contributed by atoms with Gasteiger partial charge in [0.05, 0.1) is 4.91 Å². The second kappa shape index (κ2) is 8.49. The lowest BCUT2D eigenvalue weighted by Crippen LogP contribution is -2.43. The number of anilines is 1. The molecule has 1 N–H and O–H groups in total. The number of carbonyl (C=O) groups excluding carboxylic acids is 1. The molecule has 1 atom stereocenters. The van der Waals surface area contributed by atoms with E-state index in [2.05, 4.69) is 0 Å². The van der Waals surface area contributed by atoms with E-state index in [-0.39, 0.29) is 5.91 Å². The van der Waals surface area contributed by atoms with Gasteiger partial charge in [0.2, 0.25) is 0 Å². The van der Waals surface area contributed by atoms with Gasteiger partial charge >= 0.3 is 5.97 Å². The van der Waals surface area contributed by atoms with Crippen molar-refractivity contribution in [1.29, 1.82) is 0 Å². The van der Waals surface area contributed by atoms with Crippen LogP contribution in [0.3, 0.4) is 0 Å². The van der Waals surface area contributed by atoms with Crippen LogP contribution in [0.25, 0.3) is 6.08 Å². The number of aliphatic carboxylic acids is 1. The summed E-state index contributed by atoms with van der Waals surface area (Å²) in [5.74, 6) is -1.34. The lowest BCUT2D eigenvalue weighted by Gasteiger charge is -2.22. The molecule has 5 nitrogen and oxygen atoms in total. The quantitative estimate of drug-likeness (QED) is 0.578. The number of benzene rings is 1. The van der Waals surface area contributed by atoms with Crippen LogP contribution in [0, 0.1) is 0 Å². The number of hydrogen-bond acceptors (Lipinski definition) is 5. The Kier molecular flexibility index (Phi) is 6.61. The van der Waals surface area contributed by atoms with Crippen molar-refractivity contribution in [2.45, 2.75) is 32.2 Å². The molecule has 1 aromatic rings. The molecule has 0 radical (unpaired) electrons. The van der Waals surface area contributed by atoms with Crippen LogP contribution in [0.5, 0.6) is 0 Å². The summed E-state index contributed by atoms with van der Waals surface area (Å²) in [5, 5.41) is 9.47. The number of rotatable bonds is 7. The molecule has 134 valence electrons. The zero-order valence-corrected chi connectivity index (χ0v) is 16.2. The van der Waals surface area contributed by atoms with Crippen LogP contribution in [0.4, 0.5) is 5.69 Å². The van der Waals surface area contributed by atoms with E-state index < -0.39 is 12.0 Å². The Balaban J connectivity index is 2.23. The van der Waals surface area contributed by atoms with E-state index in [4.69, 9.17) is 12.2 Å². The molecular weight excluding hydrogens is 356 g/mol. The third kappa shape index (κ3) is 4.61. The maximum atomic E-state index is 12.7. The predicted molar refractivity (Wildman–Crippen MR) is 107 cm³/mol. The largest absolute Gasteiger partial charge is 0.480 e. The summed E-state index contributed by atoms with van der Waals surface area (Å²) < 4.78 is 0.310. The highest BCUT2D eigenvalue weighted by molar-refractivity contribution is 8.26. The van der Waals surface area contributed by atoms with Gasteiger partial charge in [-0.15, -0.1) is 0 Å². The van der Waals surface area contributed by atoms with Crippen LogP contribution in [0.1, 0.15) is 31.7 Å². The first-order chi connectivity index (χ1) is 11.8. The third-order valence-electron chi connectivity index (χ3n) is 3.96. The molecule has 2 rings (SSSR count). The van der Waals surface area contributed by atoms with Gasteiger partial charge in [-0.3, -0.25) is 9.69 Å². The SMILES string of the molecule is CCCCC(C(=O)O)N1C(=O)C(=Cc2ccc(N(C)C)cc2)SC1=S. The van der Waals surface area contributed by atoms with Crippen LogP contribution in [0.2, 0.25) is 0 Å². The topological polar surface area (TPSA) is 60.9 Å². The number of hydrogen-bond donors (Lipinski definition) is 1. The molecule has 1 saturated heterocycles. The van der Waals surface area contributed by atoms with Gasteiger partial charge in [0.25, 0.3) is 5.91 Å². The van der Waals surface area contributed by atoms with Crippen molar-refractivity contribution < 1.29 is 14.7 Å². The Hall–Kier alpha value is -1.86. The van der Waals surface area contributed by atoms with Crippen molar-refractivity contribution in [3.63, 3.8) is 0 Å². The van der Waals surface area contributed by atoms with Gasteiger partial charge in [0, 0.05) is 19.8 Å². The Morgan fingerprint density at radius 2 is 2.00 bits per heavy atom. The van der Waals surface area contributed by atoms with Crippen molar-refractivity contribution >= 4 is 51.9 Å². The van der Waals surface area contributed by atoms with Crippen molar-refractivity contribution in [3.05, 3.63) is 34.7 Å². The zero-order chi connectivity index (χ0) is 18.6. The molecule has 1 aliphatic heterocycles. The molecule has 0 spiro atoms. The number of amides is 1. The van der Waals surface area contributed by atoms with E-state index in [9.17, 15) is 14.7 Å². The average molecular weight is 379 g/mol. The summed E-state index contributed by atoms with van der Waals surface area (Å²) in [5.41, 5.74) is 1.95. The van der Waals surface area contributed by atoms with Gasteiger partial charge in [0.15, 0.2) is 0 Å². The highest BCUT2D eigenvalue weighted by Gasteiger charge is 2.40. The number of nitrogens with zero attached hydrogens (tertiary/aromatic N) is 2. The van der Waals surface area contributed by atoms with Crippen molar-refractivity contribution in [3.8, 4) is 0 Å². The Morgan fingerprint density at radius 1 is 1.36 bits per heavy atom. The van der Waals surface area contributed by atoms with E-state index in [1.807, 2.05) is 50.2 Å². The van der Waals surface area contributed by atoms with E-state index in [1.165, 1.54) is 4.90 Å². The summed E-state index contributed by atoms with van der Waals surface area (Å²) in [6, 6.07) is 6.89. The molecule has 1 heterocycles. The minimum atomic E-state index is -1.01. The van der Waals surface area contributed by atoms with Gasteiger partial charge in [-0.05, 0) is 30.2 Å². The van der Waals surface area contributed by atoms with Gasteiger partial charge < -0.3 is 10.0 Å². The van der Waals surface area contributed by atoms with Gasteiger partial charge in [0.1, 0.15) is 10.4 Å². The molecule has 0 saturated carbocycles. The van der Waals surface area contributed by atoms with Gasteiger partial charge in [-0.25, -0.2) is 4.79 Å². The highest BCUT2D eigenvalue weighted by atomic mass is 32.2. The first kappa shape index (κ1) is 19.5. The Labute approximate surface area is 157 Å². The first-order valence-electron chi connectivity index (χ1n) is 8.12. The summed E-state index contributed by atoms with van der Waals surface area (Å²) in [6.45, 7) is 1.99. The zero-order valence-electron chi connectivity index (χ0n) is 14.6. The van der Waals surface area contributed by atoms with Crippen LogP contribution in [0.15, 0.2) is 29.2 Å². The summed E-state index contributed by atoms with van der Waals surface area (Å²) in [7, 11) is 3.92. The van der Waals surface area contributed by atoms with Crippen LogP contribution >= 0.6 is 24.0 Å². The molecule has 1 unspecified atom stereocenters. The van der Waals surface area contributed by atoms with Crippen molar-refractivity contribution in [1.82, 2.24) is 4.90 Å². The molecule has 1 fully saturated rings. The van der Waals surface area contributed by atoms with Gasteiger partial charge in [-0.2, -0.15) is 0 Å². The van der Waals surface area contributed by atoms with Crippen molar-refractivity contribution in [2.24, 2.45) is 0 Å². The van der Waals surface area contributed by atoms with E-state index in [0.29, 0.717) is 15.6 Å². The fourth-order valence-corrected chi connectivity index (χ4v) is 3.89. The molecule has 1 amide bonds. The number of thiocarbonyl (C=S) groups is 1. The minimum Gasteiger partial charge on any atom is -0.480 e. The molecule has 0 bridgehead atoms. The normalized spacial score (nSPS) is 17.2. The summed E-state index contributed by atoms with van der Waals surface area (Å²) in [6.07, 6.45) is 3.77. The minimum absolute atomic E-state index is 0.310. The third-order valence-corrected chi connectivity index (χ3v) is 5.29. The highest BCUT2D eigenvalue weighted by Crippen LogP contribution is 2.35. The monoisotopic (exact) mass is 378 g/mol. The van der Waals surface area contributed by atoms with Gasteiger partial charge in [-0.1, -0.05) is 55.9 Å². The summed E-state index contributed by atoms with van der Waals surface area (Å²) in [4.78, 5) is 28.0. The fourth-order valence-electron chi connectivity index (χ4n) is 2.53. The number of unbranched alkanes of at least 4 members (excludes halogenated alkanes) is 1. The number of carboxylic acids is 1. The molecule has 7 heteroatoms. The lowest BCUT2D eigenvalue weighted by atomic mass is 10.1. The molecule has 1 aliphatic rings. The lowest BCUT2D eigenvalue weighted by molar-refractivity contribution is -0.145. The predicted octanol–water partition coefficient (Wildman–Crippen LogP) is 3.60. The van der Waals surface area contributed by atoms with Crippen molar-refractivity contribution in [2.75, 3.05) is 19.0 Å². The van der Waals surface area contributed by atoms with Crippen LogP contribution in [-0.2, 0) is 9.59 Å². The maximum Gasteiger partial charge on any atom is 0.326 e.